The van der Waals surface area contributed by atoms with Crippen LogP contribution in [0.15, 0.2) is 60.7 Å². The molecule has 0 bridgehead atoms. The first-order valence-corrected chi connectivity index (χ1v) is 11.9. The van der Waals surface area contributed by atoms with Gasteiger partial charge in [0.1, 0.15) is 18.3 Å². The fourth-order valence-electron chi connectivity index (χ4n) is 4.57. The molecule has 152 valence electrons. The van der Waals surface area contributed by atoms with Gasteiger partial charge in [0.25, 0.3) is 8.32 Å². The van der Waals surface area contributed by atoms with E-state index in [1.807, 2.05) is 36.4 Å². The number of hydrogen-bond acceptors (Lipinski definition) is 5. The Labute approximate surface area is 172 Å². The van der Waals surface area contributed by atoms with Crippen LogP contribution in [-0.4, -0.2) is 45.0 Å². The Balaban J connectivity index is 1.86. The van der Waals surface area contributed by atoms with E-state index in [0.717, 1.165) is 16.7 Å². The number of ether oxygens (including phenoxy) is 2. The Morgan fingerprint density at radius 2 is 1.55 bits per heavy atom. The highest BCUT2D eigenvalue weighted by atomic mass is 28.4. The molecule has 2 aliphatic rings. The zero-order chi connectivity index (χ0) is 20.6. The molecule has 0 aromatic heterocycles. The minimum absolute atomic E-state index is 0.162. The lowest BCUT2D eigenvalue weighted by Crippen LogP contribution is -2.69. The van der Waals surface area contributed by atoms with Crippen LogP contribution in [0.3, 0.4) is 0 Å². The second-order valence-electron chi connectivity index (χ2n) is 8.68. The van der Waals surface area contributed by atoms with Crippen LogP contribution in [0, 0.1) is 0 Å². The highest BCUT2D eigenvalue weighted by Crippen LogP contribution is 2.41. The minimum atomic E-state index is -2.88. The highest BCUT2D eigenvalue weighted by molar-refractivity contribution is 6.99. The van der Waals surface area contributed by atoms with Gasteiger partial charge in [0.15, 0.2) is 12.4 Å². The second-order valence-corrected chi connectivity index (χ2v) is 12.9. The fraction of sp³-hybridized carbons (Fsp3) is 0.391. The molecule has 5 nitrogen and oxygen atoms in total. The van der Waals surface area contributed by atoms with Crippen molar-refractivity contribution in [2.24, 2.45) is 0 Å². The molecular formula is C23H26O5Si. The predicted molar refractivity (Wildman–Crippen MR) is 112 cm³/mol. The summed E-state index contributed by atoms with van der Waals surface area (Å²) in [5, 5.41) is 1.97. The van der Waals surface area contributed by atoms with E-state index < -0.39 is 32.7 Å². The van der Waals surface area contributed by atoms with Crippen LogP contribution < -0.4 is 10.4 Å². The molecule has 0 radical (unpaired) electrons. The Kier molecular flexibility index (Phi) is 5.19. The van der Waals surface area contributed by atoms with Crippen molar-refractivity contribution in [3.8, 4) is 0 Å². The second kappa shape index (κ2) is 7.52. The maximum absolute atomic E-state index is 11.9. The zero-order valence-corrected chi connectivity index (χ0v) is 17.9. The molecule has 2 aromatic carbocycles. The number of rotatable bonds is 5. The number of hydrogen-bond donors (Lipinski definition) is 0. The van der Waals surface area contributed by atoms with Gasteiger partial charge in [-0.25, -0.2) is 0 Å². The van der Waals surface area contributed by atoms with E-state index in [4.69, 9.17) is 13.9 Å². The van der Waals surface area contributed by atoms with E-state index >= 15 is 0 Å². The van der Waals surface area contributed by atoms with E-state index in [9.17, 15) is 9.59 Å². The lowest BCUT2D eigenvalue weighted by molar-refractivity contribution is -0.145. The van der Waals surface area contributed by atoms with Gasteiger partial charge in [-0.15, -0.1) is 0 Å². The molecule has 0 saturated carbocycles. The Morgan fingerprint density at radius 3 is 2.03 bits per heavy atom. The van der Waals surface area contributed by atoms with Gasteiger partial charge in [0, 0.05) is 0 Å². The van der Waals surface area contributed by atoms with Crippen LogP contribution in [0.25, 0.3) is 0 Å². The monoisotopic (exact) mass is 410 g/mol. The molecule has 0 spiro atoms. The summed E-state index contributed by atoms with van der Waals surface area (Å²) >= 11 is 0. The topological polar surface area (TPSA) is 61.8 Å². The molecule has 2 aromatic rings. The number of esters is 1. The van der Waals surface area contributed by atoms with E-state index in [1.54, 1.807) is 0 Å². The van der Waals surface area contributed by atoms with Crippen molar-refractivity contribution in [1.82, 2.24) is 0 Å². The average Bonchev–Trinajstić information content (AvgIpc) is 3.22. The van der Waals surface area contributed by atoms with Gasteiger partial charge in [-0.05, 0) is 15.4 Å². The van der Waals surface area contributed by atoms with Crippen LogP contribution in [0.5, 0.6) is 0 Å². The van der Waals surface area contributed by atoms with Gasteiger partial charge in [0.05, 0.1) is 6.42 Å². The Bertz CT molecular complexity index is 838. The van der Waals surface area contributed by atoms with Gasteiger partial charge in [-0.3, -0.25) is 4.79 Å². The van der Waals surface area contributed by atoms with Gasteiger partial charge in [-0.1, -0.05) is 81.4 Å². The maximum atomic E-state index is 11.9. The maximum Gasteiger partial charge on any atom is 0.309 e. The van der Waals surface area contributed by atoms with Crippen molar-refractivity contribution in [2.45, 2.75) is 56.6 Å². The normalized spacial score (nSPS) is 26.8. The number of carbonyl (C=O) groups excluding carboxylic acids is 2. The third-order valence-electron chi connectivity index (χ3n) is 5.85. The Hall–Kier alpha value is -2.28. The average molecular weight is 411 g/mol. The van der Waals surface area contributed by atoms with Crippen molar-refractivity contribution in [3.05, 3.63) is 60.7 Å². The van der Waals surface area contributed by atoms with Crippen LogP contribution in [0.1, 0.15) is 27.2 Å². The van der Waals surface area contributed by atoms with E-state index in [0.29, 0.717) is 0 Å². The first kappa shape index (κ1) is 20.0. The molecule has 0 amide bonds. The number of benzene rings is 2. The molecule has 2 heterocycles. The molecule has 0 aliphatic carbocycles. The molecule has 29 heavy (non-hydrogen) atoms. The van der Waals surface area contributed by atoms with Crippen LogP contribution >= 0.6 is 0 Å². The summed E-state index contributed by atoms with van der Waals surface area (Å²) in [5.74, 6) is -0.305. The molecule has 0 unspecified atom stereocenters. The third kappa shape index (κ3) is 3.35. The van der Waals surface area contributed by atoms with E-state index in [-0.39, 0.29) is 17.4 Å². The third-order valence-corrected chi connectivity index (χ3v) is 10.9. The number of carbonyl (C=O) groups is 2. The van der Waals surface area contributed by atoms with Crippen LogP contribution in [0.4, 0.5) is 0 Å². The first-order chi connectivity index (χ1) is 13.9. The highest BCUT2D eigenvalue weighted by Gasteiger charge is 2.59. The first-order valence-electron chi connectivity index (χ1n) is 9.96. The summed E-state index contributed by atoms with van der Waals surface area (Å²) in [4.78, 5) is 23.7. The standard InChI is InChI=1S/C23H26O5Si/c1-23(2,3)29(16-10-6-4-7-11-16,17-12-8-5-9-13-17)28-22-19(15-24)26-18-14-20(25)27-21(18)22/h4-13,15,18-19,21-22H,14H2,1-3H3/t18-,19-,21+,22+/m1/s1. The molecular weight excluding hydrogens is 384 g/mol. The SMILES string of the molecule is CC(C)(C)[Si](O[C@@H]1[C@H]2OC(=O)C[C@H]2O[C@@H]1C=O)(c1ccccc1)c1ccccc1. The molecule has 2 saturated heterocycles. The van der Waals surface area contributed by atoms with Crippen molar-refractivity contribution in [3.63, 3.8) is 0 Å². The zero-order valence-electron chi connectivity index (χ0n) is 16.9. The van der Waals surface area contributed by atoms with Gasteiger partial charge < -0.3 is 18.7 Å². The smallest absolute Gasteiger partial charge is 0.309 e. The summed E-state index contributed by atoms with van der Waals surface area (Å²) in [5.41, 5.74) is 0. The number of fused-ring (bicyclic) bond motifs is 1. The summed E-state index contributed by atoms with van der Waals surface area (Å²) in [6.07, 6.45) is -1.43. The van der Waals surface area contributed by atoms with Crippen LogP contribution in [0.2, 0.25) is 5.04 Å². The van der Waals surface area contributed by atoms with Gasteiger partial charge >= 0.3 is 5.97 Å². The largest absolute Gasteiger partial charge is 0.457 e. The Morgan fingerprint density at radius 1 is 1.00 bits per heavy atom. The van der Waals surface area contributed by atoms with Crippen molar-refractivity contribution >= 4 is 30.9 Å². The summed E-state index contributed by atoms with van der Waals surface area (Å²) in [7, 11) is -2.88. The lowest BCUT2D eigenvalue weighted by Gasteiger charge is -2.45. The molecule has 2 fully saturated rings. The van der Waals surface area contributed by atoms with Crippen molar-refractivity contribution in [1.29, 1.82) is 0 Å². The molecule has 6 heteroatoms. The molecule has 0 N–H and O–H groups in total. The minimum Gasteiger partial charge on any atom is -0.457 e. The summed E-state index contributed by atoms with van der Waals surface area (Å²) in [6.45, 7) is 6.51. The van der Waals surface area contributed by atoms with Crippen molar-refractivity contribution < 1.29 is 23.5 Å². The predicted octanol–water partition coefficient (Wildman–Crippen LogP) is 2.21. The van der Waals surface area contributed by atoms with Gasteiger partial charge in [0.2, 0.25) is 0 Å². The van der Waals surface area contributed by atoms with Crippen molar-refractivity contribution in [2.75, 3.05) is 0 Å². The molecule has 4 atom stereocenters. The van der Waals surface area contributed by atoms with E-state index in [2.05, 4.69) is 45.0 Å². The lowest BCUT2D eigenvalue weighted by atomic mass is 10.1. The molecule has 4 rings (SSSR count). The van der Waals surface area contributed by atoms with Gasteiger partial charge in [-0.2, -0.15) is 0 Å². The number of aldehydes is 1. The van der Waals surface area contributed by atoms with E-state index in [1.165, 1.54) is 0 Å². The summed E-state index contributed by atoms with van der Waals surface area (Å²) in [6, 6.07) is 20.4. The quantitative estimate of drug-likeness (QED) is 0.430. The summed E-state index contributed by atoms with van der Waals surface area (Å²) < 4.78 is 18.4. The fourth-order valence-corrected chi connectivity index (χ4v) is 9.26. The molecule has 2 aliphatic heterocycles. The van der Waals surface area contributed by atoms with Crippen LogP contribution in [-0.2, 0) is 23.5 Å².